The molecule has 1 amide bonds. The Bertz CT molecular complexity index is 357. The average Bonchev–Trinajstić information content (AvgIpc) is 2.53. The first-order valence-electron chi connectivity index (χ1n) is 7.81. The third-order valence-corrected chi connectivity index (χ3v) is 6.68. The van der Waals surface area contributed by atoms with Crippen LogP contribution in [-0.4, -0.2) is 71.5 Å². The summed E-state index contributed by atoms with van der Waals surface area (Å²) < 4.78 is 9.61. The summed E-state index contributed by atoms with van der Waals surface area (Å²) in [5, 5.41) is 10.9. The maximum Gasteiger partial charge on any atom is 0.407 e. The molecule has 0 aromatic heterocycles. The lowest BCUT2D eigenvalue weighted by Gasteiger charge is -2.19. The van der Waals surface area contributed by atoms with Gasteiger partial charge in [-0.1, -0.05) is 43.2 Å². The summed E-state index contributed by atoms with van der Waals surface area (Å²) in [5.74, 6) is 3.20. The van der Waals surface area contributed by atoms with Gasteiger partial charge in [0.25, 0.3) is 0 Å². The molecule has 0 unspecified atom stereocenters. The van der Waals surface area contributed by atoms with Crippen molar-refractivity contribution >= 4 is 66.3 Å². The third-order valence-electron chi connectivity index (χ3n) is 1.78. The number of aliphatic hydroxyl groups excluding tert-OH is 1. The molecule has 0 saturated heterocycles. The predicted octanol–water partition coefficient (Wildman–Crippen LogP) is 3.59. The van der Waals surface area contributed by atoms with Crippen LogP contribution in [0, 0.1) is 0 Å². The van der Waals surface area contributed by atoms with Gasteiger partial charge in [0.15, 0.2) is 0 Å². The molecule has 4 N–H and O–H groups in total. The van der Waals surface area contributed by atoms with Gasteiger partial charge >= 0.3 is 11.5 Å². The number of rotatable bonds is 12. The summed E-state index contributed by atoms with van der Waals surface area (Å²) in [6, 6.07) is 0. The van der Waals surface area contributed by atoms with Crippen LogP contribution in [0.4, 0.5) is 9.59 Å². The second-order valence-corrected chi connectivity index (χ2v) is 11.0. The molecule has 0 atom stereocenters. The lowest BCUT2D eigenvalue weighted by atomic mass is 10.2. The van der Waals surface area contributed by atoms with E-state index in [0.717, 1.165) is 23.8 Å². The van der Waals surface area contributed by atoms with E-state index in [1.165, 1.54) is 0 Å². The van der Waals surface area contributed by atoms with E-state index >= 15 is 0 Å². The van der Waals surface area contributed by atoms with Gasteiger partial charge in [0.2, 0.25) is 0 Å². The van der Waals surface area contributed by atoms with E-state index in [-0.39, 0.29) is 6.61 Å². The maximum atomic E-state index is 11.2. The van der Waals surface area contributed by atoms with E-state index in [4.69, 9.17) is 27.2 Å². The Hall–Kier alpha value is 0.350. The van der Waals surface area contributed by atoms with E-state index in [9.17, 15) is 9.59 Å². The van der Waals surface area contributed by atoms with Crippen LogP contribution in [0.25, 0.3) is 0 Å². The molecular formula is C14H29ClN2O5S4. The number of aliphatic hydroxyl groups is 1. The molecule has 0 aromatic carbocycles. The summed E-state index contributed by atoms with van der Waals surface area (Å²) in [6.07, 6.45) is -0.413. The Morgan fingerprint density at radius 1 is 1.08 bits per heavy atom. The van der Waals surface area contributed by atoms with E-state index in [1.807, 2.05) is 20.8 Å². The van der Waals surface area contributed by atoms with Gasteiger partial charge in [0, 0.05) is 47.7 Å². The van der Waals surface area contributed by atoms with Crippen molar-refractivity contribution in [1.82, 2.24) is 5.32 Å². The standard InChI is InChI=1S/C10H18ClNO4S2.C4H11NOS2/c1-10(2,3)16-9(14)12-4-6-17-18-7-5-15-8(11)13;5-1-3-7-8-4-2-6/h4-7H2,1-3H3,(H,12,14);6H,1-5H2. The van der Waals surface area contributed by atoms with Gasteiger partial charge in [-0.15, -0.1) is 0 Å². The number of nitrogens with one attached hydrogen (secondary N) is 1. The molecule has 12 heteroatoms. The van der Waals surface area contributed by atoms with Crippen molar-refractivity contribution in [2.75, 3.05) is 49.3 Å². The Balaban J connectivity index is 0. The van der Waals surface area contributed by atoms with Crippen molar-refractivity contribution in [2.24, 2.45) is 5.73 Å². The fourth-order valence-corrected chi connectivity index (χ4v) is 4.42. The second-order valence-electron chi connectivity index (χ2n) is 5.31. The molecule has 0 aliphatic rings. The molecular weight excluding hydrogens is 440 g/mol. The first-order chi connectivity index (χ1) is 12.2. The van der Waals surface area contributed by atoms with Crippen LogP contribution in [0.15, 0.2) is 0 Å². The molecule has 0 aliphatic heterocycles. The number of carbonyl (C=O) groups is 2. The highest BCUT2D eigenvalue weighted by molar-refractivity contribution is 8.77. The zero-order chi connectivity index (χ0) is 20.3. The highest BCUT2D eigenvalue weighted by Gasteiger charge is 2.15. The molecule has 0 saturated carbocycles. The van der Waals surface area contributed by atoms with Gasteiger partial charge in [-0.05, 0) is 20.8 Å². The summed E-state index contributed by atoms with van der Waals surface area (Å²) in [5.41, 5.74) is 3.95. The Kier molecular flexibility index (Phi) is 22.1. The number of nitrogens with two attached hydrogens (primary N) is 1. The number of carbonyl (C=O) groups excluding carboxylic acids is 2. The monoisotopic (exact) mass is 468 g/mol. The van der Waals surface area contributed by atoms with Gasteiger partial charge in [-0.3, -0.25) is 0 Å². The molecule has 26 heavy (non-hydrogen) atoms. The Morgan fingerprint density at radius 2 is 1.65 bits per heavy atom. The minimum Gasteiger partial charge on any atom is -0.453 e. The quantitative estimate of drug-likeness (QED) is 0.223. The number of hydrogen-bond donors (Lipinski definition) is 3. The molecule has 0 bridgehead atoms. The van der Waals surface area contributed by atoms with Gasteiger partial charge in [0.1, 0.15) is 12.2 Å². The first-order valence-corrected chi connectivity index (χ1v) is 13.2. The summed E-state index contributed by atoms with van der Waals surface area (Å²) >= 11 is 4.99. The largest absolute Gasteiger partial charge is 0.453 e. The van der Waals surface area contributed by atoms with Crippen molar-refractivity contribution < 1.29 is 24.2 Å². The number of alkyl carbamates (subject to hydrolysis) is 1. The van der Waals surface area contributed by atoms with Crippen molar-refractivity contribution in [3.05, 3.63) is 0 Å². The lowest BCUT2D eigenvalue weighted by Crippen LogP contribution is -2.33. The van der Waals surface area contributed by atoms with Crippen molar-refractivity contribution in [3.63, 3.8) is 0 Å². The van der Waals surface area contributed by atoms with Crippen LogP contribution in [-0.2, 0) is 9.47 Å². The number of ether oxygens (including phenoxy) is 2. The first kappa shape index (κ1) is 28.6. The second kappa shape index (κ2) is 20.1. The number of halogens is 1. The van der Waals surface area contributed by atoms with Crippen LogP contribution < -0.4 is 11.1 Å². The smallest absolute Gasteiger partial charge is 0.407 e. The minimum absolute atomic E-state index is 0.266. The summed E-state index contributed by atoms with van der Waals surface area (Å²) in [7, 11) is 6.50. The number of hydrogen-bond acceptors (Lipinski definition) is 10. The molecule has 0 heterocycles. The molecule has 0 aromatic rings. The maximum absolute atomic E-state index is 11.2. The topological polar surface area (TPSA) is 111 Å². The zero-order valence-electron chi connectivity index (χ0n) is 15.3. The summed E-state index contributed by atoms with van der Waals surface area (Å²) in [4.78, 5) is 21.5. The SMILES string of the molecule is CC(C)(C)OC(=O)NCCSSCCOC(=O)Cl.NCCSSCCO. The summed E-state index contributed by atoms with van der Waals surface area (Å²) in [6.45, 7) is 7.26. The molecule has 0 aliphatic carbocycles. The molecule has 7 nitrogen and oxygen atoms in total. The fourth-order valence-electron chi connectivity index (χ4n) is 0.986. The van der Waals surface area contributed by atoms with E-state index < -0.39 is 17.1 Å². The number of amides is 1. The van der Waals surface area contributed by atoms with Crippen LogP contribution in [0.3, 0.4) is 0 Å². The van der Waals surface area contributed by atoms with Gasteiger partial charge in [-0.25, -0.2) is 9.59 Å². The minimum atomic E-state index is -0.785. The fraction of sp³-hybridized carbons (Fsp3) is 0.857. The van der Waals surface area contributed by atoms with Crippen molar-refractivity contribution in [1.29, 1.82) is 0 Å². The van der Waals surface area contributed by atoms with Crippen molar-refractivity contribution in [2.45, 2.75) is 26.4 Å². The van der Waals surface area contributed by atoms with Crippen LogP contribution >= 0.6 is 54.8 Å². The van der Waals surface area contributed by atoms with Crippen LogP contribution in [0.5, 0.6) is 0 Å². The molecule has 0 rings (SSSR count). The van der Waals surface area contributed by atoms with E-state index in [2.05, 4.69) is 10.1 Å². The molecule has 0 fully saturated rings. The van der Waals surface area contributed by atoms with E-state index in [1.54, 1.807) is 43.2 Å². The van der Waals surface area contributed by atoms with E-state index in [0.29, 0.717) is 18.9 Å². The lowest BCUT2D eigenvalue weighted by molar-refractivity contribution is 0.0531. The van der Waals surface area contributed by atoms with Gasteiger partial charge in [-0.2, -0.15) is 0 Å². The molecule has 0 radical (unpaired) electrons. The van der Waals surface area contributed by atoms with Gasteiger partial charge in [0.05, 0.1) is 6.61 Å². The predicted molar refractivity (Wildman–Crippen MR) is 117 cm³/mol. The highest BCUT2D eigenvalue weighted by atomic mass is 35.5. The molecule has 156 valence electrons. The van der Waals surface area contributed by atoms with Crippen LogP contribution in [0.2, 0.25) is 0 Å². The average molecular weight is 469 g/mol. The Morgan fingerprint density at radius 3 is 2.19 bits per heavy atom. The normalized spacial score (nSPS) is 10.5. The van der Waals surface area contributed by atoms with Crippen LogP contribution in [0.1, 0.15) is 20.8 Å². The zero-order valence-corrected chi connectivity index (χ0v) is 19.3. The third kappa shape index (κ3) is 29.1. The van der Waals surface area contributed by atoms with Crippen molar-refractivity contribution in [3.8, 4) is 0 Å². The Labute approximate surface area is 176 Å². The highest BCUT2D eigenvalue weighted by Crippen LogP contribution is 2.20. The van der Waals surface area contributed by atoms with Gasteiger partial charge < -0.3 is 25.6 Å². The molecule has 0 spiro atoms.